The molecule has 0 bridgehead atoms. The highest BCUT2D eigenvalue weighted by Gasteiger charge is 2.31. The molecule has 22 heavy (non-hydrogen) atoms. The Bertz CT molecular complexity index is 507. The number of rotatable bonds is 7. The van der Waals surface area contributed by atoms with Gasteiger partial charge < -0.3 is 20.5 Å². The van der Waals surface area contributed by atoms with Gasteiger partial charge in [0.2, 0.25) is 5.91 Å². The molecule has 1 unspecified atom stereocenters. The van der Waals surface area contributed by atoms with Crippen LogP contribution in [0.2, 0.25) is 0 Å². The number of alkyl halides is 3. The molecule has 0 aromatic heterocycles. The van der Waals surface area contributed by atoms with Gasteiger partial charge in [0.15, 0.2) is 0 Å². The first kappa shape index (κ1) is 18.2. The Hall–Kier alpha value is -1.80. The molecule has 5 nitrogen and oxygen atoms in total. The molecule has 0 spiro atoms. The van der Waals surface area contributed by atoms with E-state index in [1.807, 2.05) is 0 Å². The zero-order valence-corrected chi connectivity index (χ0v) is 12.4. The summed E-state index contributed by atoms with van der Waals surface area (Å²) in [5.41, 5.74) is 4.46. The summed E-state index contributed by atoms with van der Waals surface area (Å²) in [7, 11) is 1.47. The van der Waals surface area contributed by atoms with Crippen molar-refractivity contribution in [1.29, 1.82) is 0 Å². The van der Waals surface area contributed by atoms with Crippen molar-refractivity contribution in [1.82, 2.24) is 0 Å². The van der Waals surface area contributed by atoms with Crippen LogP contribution in [0.15, 0.2) is 18.2 Å². The van der Waals surface area contributed by atoms with Gasteiger partial charge >= 0.3 is 6.18 Å². The maximum Gasteiger partial charge on any atom is 0.416 e. The lowest BCUT2D eigenvalue weighted by molar-refractivity contribution is -0.137. The number of amides is 1. The van der Waals surface area contributed by atoms with Crippen LogP contribution >= 0.6 is 0 Å². The Balaban J connectivity index is 3.03. The van der Waals surface area contributed by atoms with E-state index in [9.17, 15) is 18.0 Å². The number of nitrogens with one attached hydrogen (secondary N) is 1. The molecule has 1 aromatic carbocycles. The highest BCUT2D eigenvalue weighted by Crippen LogP contribution is 2.35. The number of halogens is 3. The summed E-state index contributed by atoms with van der Waals surface area (Å²) in [6.07, 6.45) is -4.51. The van der Waals surface area contributed by atoms with E-state index >= 15 is 0 Å². The van der Waals surface area contributed by atoms with Crippen molar-refractivity contribution in [2.75, 3.05) is 32.2 Å². The lowest BCUT2D eigenvalue weighted by Gasteiger charge is -2.16. The zero-order valence-electron chi connectivity index (χ0n) is 12.4. The van der Waals surface area contributed by atoms with Crippen molar-refractivity contribution in [3.63, 3.8) is 0 Å². The van der Waals surface area contributed by atoms with Gasteiger partial charge in [0.1, 0.15) is 12.4 Å². The number of hydrogen-bond donors (Lipinski definition) is 2. The van der Waals surface area contributed by atoms with Crippen LogP contribution in [0.4, 0.5) is 18.9 Å². The quantitative estimate of drug-likeness (QED) is 0.756. The van der Waals surface area contributed by atoms with Crippen LogP contribution < -0.4 is 15.8 Å². The van der Waals surface area contributed by atoms with E-state index in [4.69, 9.17) is 15.2 Å². The molecule has 124 valence electrons. The summed E-state index contributed by atoms with van der Waals surface area (Å²) in [6.45, 7) is 2.09. The molecule has 0 heterocycles. The molecule has 0 saturated carbocycles. The topological polar surface area (TPSA) is 73.6 Å². The van der Waals surface area contributed by atoms with Crippen molar-refractivity contribution >= 4 is 11.6 Å². The number of methoxy groups -OCH3 is 1. The first-order valence-corrected chi connectivity index (χ1v) is 6.63. The number of benzene rings is 1. The van der Waals surface area contributed by atoms with Crippen molar-refractivity contribution in [2.24, 2.45) is 11.7 Å². The normalized spacial score (nSPS) is 12.8. The lowest BCUT2D eigenvalue weighted by Crippen LogP contribution is -2.27. The molecular weight excluding hydrogens is 301 g/mol. The standard InChI is InChI=1S/C14H19F3N2O3/c1-9(8-18)13(20)19-11-7-10(14(15,16)17)3-4-12(11)22-6-5-21-2/h3-4,7,9H,5-6,8,18H2,1-2H3,(H,19,20). The second kappa shape index (κ2) is 8.00. The molecule has 1 rings (SSSR count). The molecule has 0 aliphatic carbocycles. The summed E-state index contributed by atoms with van der Waals surface area (Å²) in [6, 6.07) is 2.90. The van der Waals surface area contributed by atoms with Gasteiger partial charge in [-0.2, -0.15) is 13.2 Å². The fourth-order valence-electron chi connectivity index (χ4n) is 1.53. The third kappa shape index (κ3) is 5.19. The second-order valence-electron chi connectivity index (χ2n) is 4.68. The smallest absolute Gasteiger partial charge is 0.416 e. The van der Waals surface area contributed by atoms with Gasteiger partial charge in [0.05, 0.1) is 17.9 Å². The number of nitrogens with two attached hydrogens (primary N) is 1. The molecule has 1 aromatic rings. The highest BCUT2D eigenvalue weighted by molar-refractivity contribution is 5.94. The Morgan fingerprint density at radius 3 is 2.59 bits per heavy atom. The minimum Gasteiger partial charge on any atom is -0.489 e. The Morgan fingerprint density at radius 1 is 1.36 bits per heavy atom. The zero-order chi connectivity index (χ0) is 16.8. The minimum absolute atomic E-state index is 0.0452. The van der Waals surface area contributed by atoms with E-state index in [0.717, 1.165) is 12.1 Å². The molecule has 0 radical (unpaired) electrons. The third-order valence-corrected chi connectivity index (χ3v) is 2.91. The Kier molecular flexibility index (Phi) is 6.63. The molecule has 8 heteroatoms. The van der Waals surface area contributed by atoms with Gasteiger partial charge in [-0.25, -0.2) is 0 Å². The molecular formula is C14H19F3N2O3. The summed E-state index contributed by atoms with van der Waals surface area (Å²) >= 11 is 0. The summed E-state index contributed by atoms with van der Waals surface area (Å²) < 4.78 is 48.5. The SMILES string of the molecule is COCCOc1ccc(C(F)(F)F)cc1NC(=O)C(C)CN. The van der Waals surface area contributed by atoms with Gasteiger partial charge in [0, 0.05) is 19.6 Å². The van der Waals surface area contributed by atoms with Crippen molar-refractivity contribution in [2.45, 2.75) is 13.1 Å². The van der Waals surface area contributed by atoms with Crippen molar-refractivity contribution in [3.8, 4) is 5.75 Å². The maximum atomic E-state index is 12.8. The average molecular weight is 320 g/mol. The molecule has 1 amide bonds. The first-order valence-electron chi connectivity index (χ1n) is 6.63. The van der Waals surface area contributed by atoms with Gasteiger partial charge in [-0.05, 0) is 18.2 Å². The molecule has 0 aliphatic rings. The predicted octanol–water partition coefficient (Wildman–Crippen LogP) is 2.26. The predicted molar refractivity (Wildman–Crippen MR) is 75.7 cm³/mol. The van der Waals surface area contributed by atoms with E-state index < -0.39 is 23.6 Å². The van der Waals surface area contributed by atoms with Crippen LogP contribution in [0.5, 0.6) is 5.75 Å². The highest BCUT2D eigenvalue weighted by atomic mass is 19.4. The lowest BCUT2D eigenvalue weighted by atomic mass is 10.1. The van der Waals surface area contributed by atoms with Gasteiger partial charge in [-0.3, -0.25) is 4.79 Å². The van der Waals surface area contributed by atoms with E-state index in [0.29, 0.717) is 0 Å². The number of carbonyl (C=O) groups is 1. The average Bonchev–Trinajstić information content (AvgIpc) is 2.46. The molecule has 1 atom stereocenters. The first-order chi connectivity index (χ1) is 10.3. The van der Waals surface area contributed by atoms with E-state index in [-0.39, 0.29) is 31.2 Å². The summed E-state index contributed by atoms with van der Waals surface area (Å²) in [5, 5.41) is 2.42. The third-order valence-electron chi connectivity index (χ3n) is 2.91. The van der Waals surface area contributed by atoms with Crippen LogP contribution in [0.3, 0.4) is 0 Å². The van der Waals surface area contributed by atoms with E-state index in [1.165, 1.54) is 13.2 Å². The fraction of sp³-hybridized carbons (Fsp3) is 0.500. The maximum absolute atomic E-state index is 12.8. The Morgan fingerprint density at radius 2 is 2.05 bits per heavy atom. The fourth-order valence-corrected chi connectivity index (χ4v) is 1.53. The number of ether oxygens (including phenoxy) is 2. The van der Waals surface area contributed by atoms with Crippen LogP contribution in [-0.4, -0.2) is 32.8 Å². The molecule has 0 fully saturated rings. The minimum atomic E-state index is -4.51. The van der Waals surface area contributed by atoms with Crippen molar-refractivity contribution < 1.29 is 27.4 Å². The van der Waals surface area contributed by atoms with Crippen LogP contribution in [0.1, 0.15) is 12.5 Å². The van der Waals surface area contributed by atoms with E-state index in [1.54, 1.807) is 6.92 Å². The van der Waals surface area contributed by atoms with Crippen LogP contribution in [0, 0.1) is 5.92 Å². The van der Waals surface area contributed by atoms with Crippen molar-refractivity contribution in [3.05, 3.63) is 23.8 Å². The van der Waals surface area contributed by atoms with Gasteiger partial charge in [0.25, 0.3) is 0 Å². The van der Waals surface area contributed by atoms with Crippen LogP contribution in [0.25, 0.3) is 0 Å². The monoisotopic (exact) mass is 320 g/mol. The number of anilines is 1. The Labute approximate surface area is 126 Å². The largest absolute Gasteiger partial charge is 0.489 e. The summed E-state index contributed by atoms with van der Waals surface area (Å²) in [4.78, 5) is 11.8. The number of hydrogen-bond acceptors (Lipinski definition) is 4. The molecule has 3 N–H and O–H groups in total. The van der Waals surface area contributed by atoms with E-state index in [2.05, 4.69) is 5.32 Å². The molecule has 0 aliphatic heterocycles. The van der Waals surface area contributed by atoms with Gasteiger partial charge in [-0.1, -0.05) is 6.92 Å². The molecule has 0 saturated heterocycles. The number of carbonyl (C=O) groups excluding carboxylic acids is 1. The van der Waals surface area contributed by atoms with Gasteiger partial charge in [-0.15, -0.1) is 0 Å². The summed E-state index contributed by atoms with van der Waals surface area (Å²) in [5.74, 6) is -0.859. The van der Waals surface area contributed by atoms with Crippen LogP contribution in [-0.2, 0) is 15.7 Å². The second-order valence-corrected chi connectivity index (χ2v) is 4.68.